The fraction of sp³-hybridized carbons (Fsp3) is 0.450. The number of benzene rings is 1. The van der Waals surface area contributed by atoms with Crippen LogP contribution in [0.15, 0.2) is 48.8 Å². The van der Waals surface area contributed by atoms with E-state index in [2.05, 4.69) is 16.4 Å². The molecule has 2 fully saturated rings. The van der Waals surface area contributed by atoms with Gasteiger partial charge in [-0.05, 0) is 67.9 Å². The van der Waals surface area contributed by atoms with E-state index in [0.717, 1.165) is 38.5 Å². The van der Waals surface area contributed by atoms with Crippen molar-refractivity contribution < 1.29 is 9.50 Å². The van der Waals surface area contributed by atoms with Crippen LogP contribution in [-0.4, -0.2) is 21.2 Å². The topological polar surface area (TPSA) is 45.2 Å². The van der Waals surface area contributed by atoms with E-state index in [1.54, 1.807) is 12.3 Å². The molecular formula is C20H23FN2O. The number of rotatable bonds is 5. The van der Waals surface area contributed by atoms with Gasteiger partial charge in [-0.2, -0.15) is 0 Å². The highest BCUT2D eigenvalue weighted by atomic mass is 19.1. The van der Waals surface area contributed by atoms with Gasteiger partial charge in [0.25, 0.3) is 0 Å². The Bertz CT molecular complexity index is 711. The number of pyridine rings is 1. The number of hydrogen-bond acceptors (Lipinski definition) is 3. The molecule has 2 aliphatic heterocycles. The number of nitrogens with one attached hydrogen (secondary N) is 1. The predicted octanol–water partition coefficient (Wildman–Crippen LogP) is 3.54. The minimum atomic E-state index is -0.657. The molecule has 3 heterocycles. The summed E-state index contributed by atoms with van der Waals surface area (Å²) in [6.07, 6.45) is 9.13. The summed E-state index contributed by atoms with van der Waals surface area (Å²) in [5, 5.41) is 14.6. The van der Waals surface area contributed by atoms with Crippen molar-refractivity contribution in [3.8, 4) is 0 Å². The van der Waals surface area contributed by atoms with E-state index in [9.17, 15) is 9.50 Å². The van der Waals surface area contributed by atoms with Crippen LogP contribution in [0.3, 0.4) is 0 Å². The Labute approximate surface area is 141 Å². The summed E-state index contributed by atoms with van der Waals surface area (Å²) in [4.78, 5) is 4.18. The van der Waals surface area contributed by atoms with Crippen LogP contribution in [0.2, 0.25) is 0 Å². The van der Waals surface area contributed by atoms with Gasteiger partial charge >= 0.3 is 0 Å². The second-order valence-corrected chi connectivity index (χ2v) is 7.38. The SMILES string of the molecule is OC(c1cccc(F)c1)C12CCC(CCc3cccnc3)(CC1)N2. The van der Waals surface area contributed by atoms with Gasteiger partial charge in [-0.15, -0.1) is 0 Å². The number of aliphatic hydroxyl groups is 1. The first-order valence-electron chi connectivity index (χ1n) is 8.73. The summed E-state index contributed by atoms with van der Waals surface area (Å²) in [5.74, 6) is -0.290. The second-order valence-electron chi connectivity index (χ2n) is 7.38. The van der Waals surface area contributed by atoms with E-state index in [-0.39, 0.29) is 16.9 Å². The van der Waals surface area contributed by atoms with Crippen molar-refractivity contribution in [3.05, 3.63) is 65.7 Å². The van der Waals surface area contributed by atoms with Crippen LogP contribution in [0.4, 0.5) is 4.39 Å². The third-order valence-corrected chi connectivity index (χ3v) is 5.92. The van der Waals surface area contributed by atoms with E-state index in [1.807, 2.05) is 18.3 Å². The van der Waals surface area contributed by atoms with Crippen molar-refractivity contribution in [1.82, 2.24) is 10.3 Å². The summed E-state index contributed by atoms with van der Waals surface area (Å²) >= 11 is 0. The van der Waals surface area contributed by atoms with Gasteiger partial charge in [-0.3, -0.25) is 4.98 Å². The van der Waals surface area contributed by atoms with Crippen molar-refractivity contribution in [3.63, 3.8) is 0 Å². The Morgan fingerprint density at radius 1 is 1.17 bits per heavy atom. The average Bonchev–Trinajstić information content (AvgIpc) is 3.18. The summed E-state index contributed by atoms with van der Waals surface area (Å²) in [5.41, 5.74) is 1.73. The molecule has 2 N–H and O–H groups in total. The van der Waals surface area contributed by atoms with Crippen molar-refractivity contribution in [2.75, 3.05) is 0 Å². The molecule has 2 aliphatic rings. The smallest absolute Gasteiger partial charge is 0.123 e. The van der Waals surface area contributed by atoms with Crippen molar-refractivity contribution in [2.45, 2.75) is 55.7 Å². The normalized spacial score (nSPS) is 29.8. The lowest BCUT2D eigenvalue weighted by atomic mass is 9.76. The number of nitrogens with zero attached hydrogens (tertiary/aromatic N) is 1. The van der Waals surface area contributed by atoms with Gasteiger partial charge in [-0.25, -0.2) is 4.39 Å². The van der Waals surface area contributed by atoms with Gasteiger partial charge in [-0.1, -0.05) is 18.2 Å². The van der Waals surface area contributed by atoms with Gasteiger partial charge in [0.2, 0.25) is 0 Å². The zero-order valence-electron chi connectivity index (χ0n) is 13.7. The van der Waals surface area contributed by atoms with Crippen LogP contribution in [-0.2, 0) is 6.42 Å². The molecule has 0 saturated carbocycles. The number of halogens is 1. The number of aromatic nitrogens is 1. The molecule has 1 unspecified atom stereocenters. The molecule has 1 atom stereocenters. The van der Waals surface area contributed by atoms with Gasteiger partial charge in [0.1, 0.15) is 5.82 Å². The second kappa shape index (κ2) is 5.94. The number of hydrogen-bond donors (Lipinski definition) is 2. The van der Waals surface area contributed by atoms with Crippen LogP contribution in [0.25, 0.3) is 0 Å². The zero-order chi connectivity index (χ0) is 16.6. The number of aliphatic hydroxyl groups excluding tert-OH is 1. The molecule has 0 spiro atoms. The lowest BCUT2D eigenvalue weighted by Crippen LogP contribution is -2.46. The minimum Gasteiger partial charge on any atom is -0.386 e. The Kier molecular flexibility index (Phi) is 3.89. The molecule has 1 aromatic carbocycles. The Morgan fingerprint density at radius 3 is 2.71 bits per heavy atom. The molecule has 4 heteroatoms. The van der Waals surface area contributed by atoms with Crippen LogP contribution in [0.5, 0.6) is 0 Å². The lowest BCUT2D eigenvalue weighted by Gasteiger charge is -2.32. The molecule has 2 aromatic rings. The monoisotopic (exact) mass is 326 g/mol. The maximum atomic E-state index is 13.5. The molecule has 0 aliphatic carbocycles. The maximum absolute atomic E-state index is 13.5. The highest BCUT2D eigenvalue weighted by Gasteiger charge is 2.56. The molecule has 126 valence electrons. The Hall–Kier alpha value is -1.78. The first-order valence-corrected chi connectivity index (χ1v) is 8.73. The number of aryl methyl sites for hydroxylation is 1. The molecule has 2 saturated heterocycles. The van der Waals surface area contributed by atoms with E-state index in [0.29, 0.717) is 5.56 Å². The van der Waals surface area contributed by atoms with E-state index in [1.165, 1.54) is 17.7 Å². The Morgan fingerprint density at radius 2 is 2.00 bits per heavy atom. The Balaban J connectivity index is 1.48. The first-order chi connectivity index (χ1) is 11.6. The third kappa shape index (κ3) is 2.74. The van der Waals surface area contributed by atoms with Crippen LogP contribution >= 0.6 is 0 Å². The summed E-state index contributed by atoms with van der Waals surface area (Å²) in [6.45, 7) is 0. The van der Waals surface area contributed by atoms with Crippen LogP contribution < -0.4 is 5.32 Å². The molecule has 4 rings (SSSR count). The van der Waals surface area contributed by atoms with Gasteiger partial charge < -0.3 is 10.4 Å². The molecule has 0 amide bonds. The maximum Gasteiger partial charge on any atom is 0.123 e. The molecule has 3 nitrogen and oxygen atoms in total. The molecule has 0 radical (unpaired) electrons. The van der Waals surface area contributed by atoms with Gasteiger partial charge in [0.05, 0.1) is 6.10 Å². The lowest BCUT2D eigenvalue weighted by molar-refractivity contribution is 0.0733. The number of fused-ring (bicyclic) bond motifs is 2. The fourth-order valence-electron chi connectivity index (χ4n) is 4.53. The quantitative estimate of drug-likeness (QED) is 0.883. The van der Waals surface area contributed by atoms with E-state index < -0.39 is 6.10 Å². The van der Waals surface area contributed by atoms with Crippen LogP contribution in [0, 0.1) is 5.82 Å². The third-order valence-electron chi connectivity index (χ3n) is 5.92. The average molecular weight is 326 g/mol. The van der Waals surface area contributed by atoms with E-state index >= 15 is 0 Å². The highest BCUT2D eigenvalue weighted by Crippen LogP contribution is 2.52. The molecular weight excluding hydrogens is 303 g/mol. The van der Waals surface area contributed by atoms with Crippen molar-refractivity contribution in [1.29, 1.82) is 0 Å². The van der Waals surface area contributed by atoms with Gasteiger partial charge in [0, 0.05) is 23.5 Å². The first kappa shape index (κ1) is 15.7. The summed E-state index contributed by atoms with van der Waals surface area (Å²) < 4.78 is 13.5. The minimum absolute atomic E-state index is 0.101. The fourth-order valence-corrected chi connectivity index (χ4v) is 4.53. The largest absolute Gasteiger partial charge is 0.386 e. The molecule has 24 heavy (non-hydrogen) atoms. The zero-order valence-corrected chi connectivity index (χ0v) is 13.7. The molecule has 1 aromatic heterocycles. The van der Waals surface area contributed by atoms with Crippen LogP contribution in [0.1, 0.15) is 49.3 Å². The predicted molar refractivity (Wildman–Crippen MR) is 91.0 cm³/mol. The van der Waals surface area contributed by atoms with Gasteiger partial charge in [0.15, 0.2) is 0 Å². The summed E-state index contributed by atoms with van der Waals surface area (Å²) in [7, 11) is 0. The van der Waals surface area contributed by atoms with Crippen molar-refractivity contribution in [2.24, 2.45) is 0 Å². The van der Waals surface area contributed by atoms with E-state index in [4.69, 9.17) is 0 Å². The molecule has 2 bridgehead atoms. The summed E-state index contributed by atoms with van der Waals surface area (Å²) in [6, 6.07) is 10.4. The standard InChI is InChI=1S/C20H23FN2O/c21-17-5-1-4-16(13-17)18(24)20-10-8-19(23-20,9-11-20)7-6-15-3-2-12-22-14-15/h1-5,12-14,18,23-24H,6-11H2. The highest BCUT2D eigenvalue weighted by molar-refractivity contribution is 5.27. The van der Waals surface area contributed by atoms with Crippen molar-refractivity contribution >= 4 is 0 Å².